The summed E-state index contributed by atoms with van der Waals surface area (Å²) in [7, 11) is 0. The first kappa shape index (κ1) is 10.5. The van der Waals surface area contributed by atoms with Gasteiger partial charge in [0.2, 0.25) is 0 Å². The molecule has 0 bridgehead atoms. The van der Waals surface area contributed by atoms with Crippen molar-refractivity contribution < 1.29 is 4.74 Å². The molecule has 4 nitrogen and oxygen atoms in total. The van der Waals surface area contributed by atoms with Crippen molar-refractivity contribution in [2.45, 2.75) is 20.0 Å². The van der Waals surface area contributed by atoms with Crippen molar-refractivity contribution in [3.63, 3.8) is 0 Å². The number of nitrogens with zero attached hydrogens (tertiary/aromatic N) is 3. The van der Waals surface area contributed by atoms with E-state index in [9.17, 15) is 0 Å². The van der Waals surface area contributed by atoms with Gasteiger partial charge in [-0.1, -0.05) is 0 Å². The lowest BCUT2D eigenvalue weighted by Gasteiger charge is -2.10. The number of ether oxygens (including phenoxy) is 1. The van der Waals surface area contributed by atoms with E-state index < -0.39 is 0 Å². The summed E-state index contributed by atoms with van der Waals surface area (Å²) in [6, 6.07) is 5.67. The van der Waals surface area contributed by atoms with Gasteiger partial charge in [-0.3, -0.25) is 0 Å². The van der Waals surface area contributed by atoms with Gasteiger partial charge in [0.15, 0.2) is 5.82 Å². The molecule has 0 spiro atoms. The Bertz CT molecular complexity index is 523. The van der Waals surface area contributed by atoms with Crippen LogP contribution in [0.2, 0.25) is 0 Å². The van der Waals surface area contributed by atoms with Gasteiger partial charge in [-0.05, 0) is 32.7 Å². The number of hydrogen-bond donors (Lipinski definition) is 0. The Labute approximate surface area is 94.0 Å². The zero-order valence-corrected chi connectivity index (χ0v) is 9.34. The summed E-state index contributed by atoms with van der Waals surface area (Å²) in [5.41, 5.74) is 0.815. The number of hydrogen-bond acceptors (Lipinski definition) is 4. The molecule has 0 radical (unpaired) electrons. The topological polar surface area (TPSA) is 47.4 Å². The normalized spacial score (nSPS) is 10.7. The molecule has 2 aromatic rings. The van der Waals surface area contributed by atoms with Gasteiger partial charge in [-0.15, -0.1) is 0 Å². The predicted molar refractivity (Wildman–Crippen MR) is 64.5 cm³/mol. The lowest BCUT2D eigenvalue weighted by atomic mass is 10.2. The Morgan fingerprint density at radius 3 is 2.81 bits per heavy atom. The van der Waals surface area contributed by atoms with E-state index in [1.54, 1.807) is 0 Å². The molecule has 0 saturated heterocycles. The molecule has 16 heavy (non-hydrogen) atoms. The van der Waals surface area contributed by atoms with Crippen molar-refractivity contribution in [2.75, 3.05) is 0 Å². The molecule has 0 saturated carbocycles. The molecule has 0 aliphatic rings. The van der Waals surface area contributed by atoms with Crippen LogP contribution >= 0.6 is 0 Å². The monoisotopic (exact) mass is 215 g/mol. The predicted octanol–water partition coefficient (Wildman–Crippen LogP) is 2.75. The summed E-state index contributed by atoms with van der Waals surface area (Å²) in [5, 5.41) is 0.883. The fourth-order valence-corrected chi connectivity index (χ4v) is 1.49. The standard InChI is InChI=1S/C12H13N3O/c1-8(2)16-9-4-5-10-11(6-9)14-7-15-12(10)13-3/h4-8H,3H2,1-2H3. The SMILES string of the molecule is C=Nc1ncnc2cc(OC(C)C)ccc12. The summed E-state index contributed by atoms with van der Waals surface area (Å²) < 4.78 is 5.59. The molecule has 0 aliphatic carbocycles. The van der Waals surface area contributed by atoms with Gasteiger partial charge in [-0.2, -0.15) is 0 Å². The third-order valence-electron chi connectivity index (χ3n) is 2.11. The maximum absolute atomic E-state index is 5.59. The average Bonchev–Trinajstić information content (AvgIpc) is 2.27. The lowest BCUT2D eigenvalue weighted by Crippen LogP contribution is -2.05. The van der Waals surface area contributed by atoms with Crippen molar-refractivity contribution in [1.29, 1.82) is 0 Å². The van der Waals surface area contributed by atoms with E-state index in [0.29, 0.717) is 5.82 Å². The molecule has 0 fully saturated rings. The zero-order chi connectivity index (χ0) is 11.5. The second-order valence-corrected chi connectivity index (χ2v) is 3.70. The molecule has 0 N–H and O–H groups in total. The van der Waals surface area contributed by atoms with Gasteiger partial charge in [0, 0.05) is 11.5 Å². The molecule has 1 aromatic heterocycles. The molecule has 0 atom stereocenters. The van der Waals surface area contributed by atoms with Crippen LogP contribution in [0.15, 0.2) is 29.5 Å². The van der Waals surface area contributed by atoms with Gasteiger partial charge < -0.3 is 4.74 Å². The van der Waals surface area contributed by atoms with Crippen molar-refractivity contribution in [3.05, 3.63) is 24.5 Å². The summed E-state index contributed by atoms with van der Waals surface area (Å²) in [5.74, 6) is 1.40. The highest BCUT2D eigenvalue weighted by atomic mass is 16.5. The minimum Gasteiger partial charge on any atom is -0.491 e. The lowest BCUT2D eigenvalue weighted by molar-refractivity contribution is 0.242. The highest BCUT2D eigenvalue weighted by molar-refractivity contribution is 5.88. The van der Waals surface area contributed by atoms with Gasteiger partial charge in [0.1, 0.15) is 12.1 Å². The molecule has 4 heteroatoms. The second kappa shape index (κ2) is 4.26. The average molecular weight is 215 g/mol. The Balaban J connectivity index is 2.51. The maximum atomic E-state index is 5.59. The van der Waals surface area contributed by atoms with E-state index in [-0.39, 0.29) is 6.10 Å². The molecule has 1 aromatic carbocycles. The summed E-state index contributed by atoms with van der Waals surface area (Å²) in [6.07, 6.45) is 1.63. The van der Waals surface area contributed by atoms with Crippen LogP contribution < -0.4 is 4.74 Å². The Hall–Kier alpha value is -1.97. The molecule has 0 aliphatic heterocycles. The molecule has 0 unspecified atom stereocenters. The minimum absolute atomic E-state index is 0.149. The molecule has 82 valence electrons. The first-order valence-corrected chi connectivity index (χ1v) is 5.09. The van der Waals surface area contributed by atoms with E-state index in [1.807, 2.05) is 32.0 Å². The quantitative estimate of drug-likeness (QED) is 0.739. The third-order valence-corrected chi connectivity index (χ3v) is 2.11. The Kier molecular flexibility index (Phi) is 2.81. The molecule has 0 amide bonds. The minimum atomic E-state index is 0.149. The van der Waals surface area contributed by atoms with E-state index in [4.69, 9.17) is 4.74 Å². The summed E-state index contributed by atoms with van der Waals surface area (Å²) in [4.78, 5) is 12.1. The fourth-order valence-electron chi connectivity index (χ4n) is 1.49. The maximum Gasteiger partial charge on any atom is 0.162 e. The van der Waals surface area contributed by atoms with Gasteiger partial charge >= 0.3 is 0 Å². The van der Waals surface area contributed by atoms with Crippen molar-refractivity contribution in [3.8, 4) is 5.75 Å². The van der Waals surface area contributed by atoms with E-state index in [1.165, 1.54) is 6.33 Å². The van der Waals surface area contributed by atoms with Gasteiger partial charge in [-0.25, -0.2) is 15.0 Å². The highest BCUT2D eigenvalue weighted by Crippen LogP contribution is 2.25. The third kappa shape index (κ3) is 2.00. The zero-order valence-electron chi connectivity index (χ0n) is 9.34. The number of rotatable bonds is 3. The molecular formula is C12H13N3O. The van der Waals surface area contributed by atoms with E-state index in [2.05, 4.69) is 21.7 Å². The van der Waals surface area contributed by atoms with Crippen LogP contribution in [-0.4, -0.2) is 22.8 Å². The fraction of sp³-hybridized carbons (Fsp3) is 0.250. The van der Waals surface area contributed by atoms with Gasteiger partial charge in [0.05, 0.1) is 11.6 Å². The Morgan fingerprint density at radius 1 is 1.31 bits per heavy atom. The highest BCUT2D eigenvalue weighted by Gasteiger charge is 2.04. The van der Waals surface area contributed by atoms with Crippen molar-refractivity contribution in [2.24, 2.45) is 4.99 Å². The first-order chi connectivity index (χ1) is 7.70. The summed E-state index contributed by atoms with van der Waals surface area (Å²) in [6.45, 7) is 7.45. The van der Waals surface area contributed by atoms with Crippen LogP contribution in [0.3, 0.4) is 0 Å². The number of aromatic nitrogens is 2. The van der Waals surface area contributed by atoms with Crippen LogP contribution in [-0.2, 0) is 0 Å². The number of fused-ring (bicyclic) bond motifs is 1. The molecule has 2 rings (SSSR count). The summed E-state index contributed by atoms with van der Waals surface area (Å²) >= 11 is 0. The second-order valence-electron chi connectivity index (χ2n) is 3.70. The number of benzene rings is 1. The molecule has 1 heterocycles. The van der Waals surface area contributed by atoms with E-state index in [0.717, 1.165) is 16.7 Å². The Morgan fingerprint density at radius 2 is 2.12 bits per heavy atom. The van der Waals surface area contributed by atoms with Crippen LogP contribution in [0.1, 0.15) is 13.8 Å². The first-order valence-electron chi connectivity index (χ1n) is 5.09. The van der Waals surface area contributed by atoms with Crippen molar-refractivity contribution in [1.82, 2.24) is 9.97 Å². The van der Waals surface area contributed by atoms with Crippen LogP contribution in [0, 0.1) is 0 Å². The number of aliphatic imine (C=N–C) groups is 1. The van der Waals surface area contributed by atoms with Crippen LogP contribution in [0.5, 0.6) is 5.75 Å². The van der Waals surface area contributed by atoms with Crippen LogP contribution in [0.4, 0.5) is 5.82 Å². The van der Waals surface area contributed by atoms with Crippen molar-refractivity contribution >= 4 is 23.4 Å². The van der Waals surface area contributed by atoms with Gasteiger partial charge in [0.25, 0.3) is 0 Å². The van der Waals surface area contributed by atoms with E-state index >= 15 is 0 Å². The smallest absolute Gasteiger partial charge is 0.162 e. The molecular weight excluding hydrogens is 202 g/mol. The van der Waals surface area contributed by atoms with Crippen LogP contribution in [0.25, 0.3) is 10.9 Å². The largest absolute Gasteiger partial charge is 0.491 e.